The first kappa shape index (κ1) is 24.4. The summed E-state index contributed by atoms with van der Waals surface area (Å²) in [6.45, 7) is 12.8. The zero-order valence-corrected chi connectivity index (χ0v) is 18.0. The molecule has 0 aromatic rings. The minimum absolute atomic E-state index is 0.0563. The monoisotopic (exact) mass is 373 g/mol. The van der Waals surface area contributed by atoms with Gasteiger partial charge in [-0.2, -0.15) is 0 Å². The molecule has 0 aliphatic rings. The van der Waals surface area contributed by atoms with Crippen LogP contribution < -0.4 is 0 Å². The molecule has 3 atom stereocenters. The van der Waals surface area contributed by atoms with Crippen molar-refractivity contribution < 1.29 is 14.6 Å². The van der Waals surface area contributed by atoms with E-state index >= 15 is 0 Å². The average molecular weight is 374 g/mol. The number of hydrogen-bond acceptors (Lipinski definition) is 4. The van der Waals surface area contributed by atoms with Gasteiger partial charge in [0, 0.05) is 11.0 Å². The fraction of sp³-hybridized carbons (Fsp3) is 1.00. The molecule has 0 bridgehead atoms. The number of aliphatic hydroxyl groups is 2. The Morgan fingerprint density at radius 1 is 1.16 bits per heavy atom. The van der Waals surface area contributed by atoms with Crippen LogP contribution in [0.4, 0.5) is 0 Å². The number of hydrogen-bond donors (Lipinski definition) is 2. The minimum Gasteiger partial charge on any atom is -0.414 e. The lowest BCUT2D eigenvalue weighted by Gasteiger charge is -2.40. The van der Waals surface area contributed by atoms with E-state index in [4.69, 9.17) is 9.96 Å². The molecule has 0 heterocycles. The molecular weight excluding hydrogens is 334 g/mol. The smallest absolute Gasteiger partial charge is 0.192 e. The van der Waals surface area contributed by atoms with Crippen LogP contribution in [0.1, 0.15) is 72.6 Å². The highest BCUT2D eigenvalue weighted by molar-refractivity contribution is 6.74. The van der Waals surface area contributed by atoms with Gasteiger partial charge in [0.1, 0.15) is 0 Å². The van der Waals surface area contributed by atoms with E-state index in [-0.39, 0.29) is 11.1 Å². The van der Waals surface area contributed by atoms with Crippen LogP contribution in [0.5, 0.6) is 0 Å². The van der Waals surface area contributed by atoms with Crippen molar-refractivity contribution in [3.63, 3.8) is 0 Å². The first-order valence-electron chi connectivity index (χ1n) is 9.60. The Morgan fingerprint density at radius 3 is 2.24 bits per heavy atom. The molecule has 25 heavy (non-hydrogen) atoms. The Labute approximate surface area is 154 Å². The minimum atomic E-state index is -1.96. The van der Waals surface area contributed by atoms with Gasteiger partial charge in [0.15, 0.2) is 8.32 Å². The van der Waals surface area contributed by atoms with Gasteiger partial charge in [-0.25, -0.2) is 0 Å². The third-order valence-electron chi connectivity index (χ3n) is 5.23. The topological polar surface area (TPSA) is 98.5 Å². The van der Waals surface area contributed by atoms with Crippen molar-refractivity contribution in [2.24, 2.45) is 5.11 Å². The predicted octanol–water partition coefficient (Wildman–Crippen LogP) is 5.16. The van der Waals surface area contributed by atoms with E-state index in [2.05, 4.69) is 50.8 Å². The molecule has 0 aromatic carbocycles. The first-order valence-corrected chi connectivity index (χ1v) is 12.5. The SMILES string of the molecule is CCCCCCC[C@@H](C[C@@H](N=[N+]=[N-])[C@@H](O)CO)O[Si](C)(C)C(C)(C)C. The Balaban J connectivity index is 5.00. The van der Waals surface area contributed by atoms with E-state index in [9.17, 15) is 10.2 Å². The summed E-state index contributed by atoms with van der Waals surface area (Å²) in [5.74, 6) is 0. The Hall–Kier alpha value is -0.593. The van der Waals surface area contributed by atoms with Crippen molar-refractivity contribution in [3.8, 4) is 0 Å². The third-order valence-corrected chi connectivity index (χ3v) is 9.77. The van der Waals surface area contributed by atoms with Crippen LogP contribution in [0.15, 0.2) is 5.11 Å². The summed E-state index contributed by atoms with van der Waals surface area (Å²) in [6.07, 6.45) is 6.17. The second-order valence-electron chi connectivity index (χ2n) is 8.46. The number of rotatable bonds is 13. The molecule has 0 saturated carbocycles. The van der Waals surface area contributed by atoms with E-state index in [0.717, 1.165) is 12.8 Å². The second kappa shape index (κ2) is 11.9. The Kier molecular flexibility index (Phi) is 11.6. The standard InChI is InChI=1S/C18H39N3O3Si/c1-7-8-9-10-11-12-15(24-25(5,6)18(2,3)4)13-16(20-21-19)17(23)14-22/h15-17,22-23H,7-14H2,1-6H3/t15-,16+,17-/m0/s1. The summed E-state index contributed by atoms with van der Waals surface area (Å²) in [6, 6.07) is -0.652. The zero-order chi connectivity index (χ0) is 19.5. The van der Waals surface area contributed by atoms with Gasteiger partial charge in [0.2, 0.25) is 0 Å². The molecule has 6 nitrogen and oxygen atoms in total. The zero-order valence-electron chi connectivity index (χ0n) is 17.0. The van der Waals surface area contributed by atoms with Gasteiger partial charge in [-0.1, -0.05) is 64.9 Å². The van der Waals surface area contributed by atoms with Gasteiger partial charge in [-0.3, -0.25) is 0 Å². The maximum atomic E-state index is 9.94. The van der Waals surface area contributed by atoms with Crippen LogP contribution in [0, 0.1) is 0 Å². The quantitative estimate of drug-likeness (QED) is 0.153. The number of unbranched alkanes of at least 4 members (excludes halogenated alkanes) is 4. The van der Waals surface area contributed by atoms with Gasteiger partial charge in [-0.05, 0) is 36.5 Å². The van der Waals surface area contributed by atoms with Crippen molar-refractivity contribution in [2.45, 2.75) is 109 Å². The average Bonchev–Trinajstić information content (AvgIpc) is 2.51. The molecule has 0 aliphatic carbocycles. The Morgan fingerprint density at radius 2 is 1.76 bits per heavy atom. The molecular formula is C18H39N3O3Si. The molecule has 0 rings (SSSR count). The van der Waals surface area contributed by atoms with E-state index in [1.807, 2.05) is 0 Å². The lowest BCUT2D eigenvalue weighted by atomic mass is 10.00. The molecule has 2 N–H and O–H groups in total. The highest BCUT2D eigenvalue weighted by Gasteiger charge is 2.39. The van der Waals surface area contributed by atoms with Crippen molar-refractivity contribution in [1.29, 1.82) is 0 Å². The largest absolute Gasteiger partial charge is 0.414 e. The van der Waals surface area contributed by atoms with E-state index in [1.54, 1.807) is 0 Å². The van der Waals surface area contributed by atoms with Crippen LogP contribution in [0.2, 0.25) is 18.1 Å². The molecule has 0 aromatic heterocycles. The van der Waals surface area contributed by atoms with Gasteiger partial charge < -0.3 is 14.6 Å². The molecule has 0 spiro atoms. The highest BCUT2D eigenvalue weighted by Crippen LogP contribution is 2.38. The predicted molar refractivity (Wildman–Crippen MR) is 106 cm³/mol. The van der Waals surface area contributed by atoms with Gasteiger partial charge in [-0.15, -0.1) is 0 Å². The summed E-state index contributed by atoms with van der Waals surface area (Å²) < 4.78 is 6.54. The number of azide groups is 1. The summed E-state index contributed by atoms with van der Waals surface area (Å²) in [5.41, 5.74) is 8.76. The van der Waals surface area contributed by atoms with Crippen LogP contribution in [0.25, 0.3) is 10.4 Å². The van der Waals surface area contributed by atoms with Crippen LogP contribution >= 0.6 is 0 Å². The van der Waals surface area contributed by atoms with Gasteiger partial charge >= 0.3 is 0 Å². The molecule has 0 fully saturated rings. The molecule has 0 unspecified atom stereocenters. The van der Waals surface area contributed by atoms with Gasteiger partial charge in [0.05, 0.1) is 18.8 Å². The van der Waals surface area contributed by atoms with Crippen molar-refractivity contribution in [3.05, 3.63) is 10.4 Å². The maximum absolute atomic E-state index is 9.94. The van der Waals surface area contributed by atoms with E-state index in [1.165, 1.54) is 25.7 Å². The van der Waals surface area contributed by atoms with Crippen LogP contribution in [-0.2, 0) is 4.43 Å². The summed E-state index contributed by atoms with van der Waals surface area (Å²) >= 11 is 0. The normalized spacial score (nSPS) is 16.2. The number of nitrogens with zero attached hydrogens (tertiary/aromatic N) is 3. The van der Waals surface area contributed by atoms with Crippen LogP contribution in [-0.4, -0.2) is 43.4 Å². The maximum Gasteiger partial charge on any atom is 0.192 e. The number of aliphatic hydroxyl groups excluding tert-OH is 2. The van der Waals surface area contributed by atoms with Crippen molar-refractivity contribution in [1.82, 2.24) is 0 Å². The Bertz CT molecular complexity index is 407. The summed E-state index contributed by atoms with van der Waals surface area (Å²) in [7, 11) is -1.96. The van der Waals surface area contributed by atoms with Gasteiger partial charge in [0.25, 0.3) is 0 Å². The molecule has 0 aliphatic heterocycles. The van der Waals surface area contributed by atoms with Crippen LogP contribution in [0.3, 0.4) is 0 Å². The lowest BCUT2D eigenvalue weighted by molar-refractivity contribution is 0.0526. The summed E-state index contributed by atoms with van der Waals surface area (Å²) in [5, 5.41) is 22.9. The third kappa shape index (κ3) is 9.61. The lowest BCUT2D eigenvalue weighted by Crippen LogP contribution is -2.45. The molecule has 0 saturated heterocycles. The fourth-order valence-electron chi connectivity index (χ4n) is 2.53. The first-order chi connectivity index (χ1) is 11.6. The highest BCUT2D eigenvalue weighted by atomic mass is 28.4. The second-order valence-corrected chi connectivity index (χ2v) is 13.2. The van der Waals surface area contributed by atoms with E-state index < -0.39 is 27.1 Å². The molecule has 0 amide bonds. The van der Waals surface area contributed by atoms with E-state index in [0.29, 0.717) is 6.42 Å². The molecule has 7 heteroatoms. The molecule has 0 radical (unpaired) electrons. The van der Waals surface area contributed by atoms with Crippen molar-refractivity contribution >= 4 is 8.32 Å². The summed E-state index contributed by atoms with van der Waals surface area (Å²) in [4.78, 5) is 2.83. The molecule has 148 valence electrons. The fourth-order valence-corrected chi connectivity index (χ4v) is 3.93. The van der Waals surface area contributed by atoms with Crippen molar-refractivity contribution in [2.75, 3.05) is 6.61 Å².